The van der Waals surface area contributed by atoms with Gasteiger partial charge in [0.25, 0.3) is 5.91 Å². The first-order valence-electron chi connectivity index (χ1n) is 7.51. The molecule has 5 heteroatoms. The molecular formula is C18H17ClN2O2. The van der Waals surface area contributed by atoms with Crippen molar-refractivity contribution in [3.8, 4) is 0 Å². The Morgan fingerprint density at radius 1 is 1.09 bits per heavy atom. The number of hydrogen-bond acceptors (Lipinski definition) is 2. The molecule has 1 fully saturated rings. The summed E-state index contributed by atoms with van der Waals surface area (Å²) < 4.78 is 0. The van der Waals surface area contributed by atoms with Crippen LogP contribution in [-0.4, -0.2) is 11.8 Å². The monoisotopic (exact) mass is 328 g/mol. The number of carbonyl (C=O) groups excluding carboxylic acids is 2. The van der Waals surface area contributed by atoms with Gasteiger partial charge in [0.2, 0.25) is 5.91 Å². The maximum atomic E-state index is 12.4. The van der Waals surface area contributed by atoms with Crippen molar-refractivity contribution in [2.75, 3.05) is 10.6 Å². The molecule has 0 aliphatic heterocycles. The zero-order valence-corrected chi connectivity index (χ0v) is 13.5. The Balaban J connectivity index is 1.74. The number of nitrogens with one attached hydrogen (secondary N) is 2. The van der Waals surface area contributed by atoms with Gasteiger partial charge in [-0.25, -0.2) is 0 Å². The van der Waals surface area contributed by atoms with Crippen LogP contribution in [0.3, 0.4) is 0 Å². The van der Waals surface area contributed by atoms with E-state index in [1.165, 1.54) is 0 Å². The zero-order valence-electron chi connectivity index (χ0n) is 12.7. The van der Waals surface area contributed by atoms with Gasteiger partial charge in [-0.1, -0.05) is 23.7 Å². The molecule has 0 unspecified atom stereocenters. The van der Waals surface area contributed by atoms with E-state index in [4.69, 9.17) is 11.6 Å². The highest BCUT2D eigenvalue weighted by Crippen LogP contribution is 2.30. The Hall–Kier alpha value is -2.33. The van der Waals surface area contributed by atoms with Crippen LogP contribution in [0, 0.1) is 12.8 Å². The summed E-state index contributed by atoms with van der Waals surface area (Å²) in [6.45, 7) is 1.90. The number of halogens is 1. The maximum Gasteiger partial charge on any atom is 0.255 e. The molecular weight excluding hydrogens is 312 g/mol. The molecule has 3 rings (SSSR count). The number of amides is 2. The number of hydrogen-bond donors (Lipinski definition) is 2. The van der Waals surface area contributed by atoms with Crippen LogP contribution in [0.25, 0.3) is 0 Å². The minimum Gasteiger partial charge on any atom is -0.326 e. The Bertz CT molecular complexity index is 769. The SMILES string of the molecule is Cc1ccc(Cl)cc1NC(=O)c1cccc(NC(=O)C2CC2)c1. The maximum absolute atomic E-state index is 12.4. The van der Waals surface area contributed by atoms with Gasteiger partial charge in [-0.05, 0) is 55.7 Å². The molecule has 0 atom stereocenters. The zero-order chi connectivity index (χ0) is 16.4. The molecule has 2 aromatic carbocycles. The second kappa shape index (κ2) is 6.42. The summed E-state index contributed by atoms with van der Waals surface area (Å²) in [4.78, 5) is 24.2. The normalized spacial score (nSPS) is 13.5. The quantitative estimate of drug-likeness (QED) is 0.881. The third kappa shape index (κ3) is 3.90. The van der Waals surface area contributed by atoms with Gasteiger partial charge in [0.15, 0.2) is 0 Å². The smallest absolute Gasteiger partial charge is 0.255 e. The predicted molar refractivity (Wildman–Crippen MR) is 91.9 cm³/mol. The van der Waals surface area contributed by atoms with E-state index in [2.05, 4.69) is 10.6 Å². The van der Waals surface area contributed by atoms with E-state index in [-0.39, 0.29) is 17.7 Å². The number of carbonyl (C=O) groups is 2. The third-order valence-corrected chi connectivity index (χ3v) is 4.02. The summed E-state index contributed by atoms with van der Waals surface area (Å²) in [6.07, 6.45) is 1.89. The highest BCUT2D eigenvalue weighted by Gasteiger charge is 2.29. The molecule has 2 amide bonds. The van der Waals surface area contributed by atoms with Crippen molar-refractivity contribution >= 4 is 34.8 Å². The number of benzene rings is 2. The van der Waals surface area contributed by atoms with Crippen LogP contribution < -0.4 is 10.6 Å². The summed E-state index contributed by atoms with van der Waals surface area (Å²) in [5, 5.41) is 6.26. The first kappa shape index (κ1) is 15.6. The Labute approximate surface area is 139 Å². The van der Waals surface area contributed by atoms with Gasteiger partial charge in [-0.2, -0.15) is 0 Å². The lowest BCUT2D eigenvalue weighted by molar-refractivity contribution is -0.117. The molecule has 1 aliphatic carbocycles. The molecule has 23 heavy (non-hydrogen) atoms. The second-order valence-corrected chi connectivity index (χ2v) is 6.19. The van der Waals surface area contributed by atoms with Gasteiger partial charge in [0.1, 0.15) is 0 Å². The fraction of sp³-hybridized carbons (Fsp3) is 0.222. The number of aryl methyl sites for hydroxylation is 1. The van der Waals surface area contributed by atoms with Crippen molar-refractivity contribution in [2.24, 2.45) is 5.92 Å². The van der Waals surface area contributed by atoms with Crippen LogP contribution in [0.2, 0.25) is 5.02 Å². The summed E-state index contributed by atoms with van der Waals surface area (Å²) in [7, 11) is 0. The number of anilines is 2. The van der Waals surface area contributed by atoms with Crippen LogP contribution in [0.15, 0.2) is 42.5 Å². The molecule has 1 saturated carbocycles. The molecule has 0 radical (unpaired) electrons. The second-order valence-electron chi connectivity index (χ2n) is 5.76. The molecule has 118 valence electrons. The Kier molecular flexibility index (Phi) is 4.35. The van der Waals surface area contributed by atoms with E-state index in [0.29, 0.717) is 22.0 Å². The Morgan fingerprint density at radius 3 is 2.61 bits per heavy atom. The van der Waals surface area contributed by atoms with Gasteiger partial charge in [-0.3, -0.25) is 9.59 Å². The third-order valence-electron chi connectivity index (χ3n) is 3.79. The minimum atomic E-state index is -0.238. The highest BCUT2D eigenvalue weighted by molar-refractivity contribution is 6.31. The lowest BCUT2D eigenvalue weighted by atomic mass is 10.1. The van der Waals surface area contributed by atoms with Crippen molar-refractivity contribution in [2.45, 2.75) is 19.8 Å². The predicted octanol–water partition coefficient (Wildman–Crippen LogP) is 4.25. The molecule has 2 aromatic rings. The van der Waals surface area contributed by atoms with Crippen molar-refractivity contribution in [1.82, 2.24) is 0 Å². The van der Waals surface area contributed by atoms with E-state index in [0.717, 1.165) is 18.4 Å². The molecule has 2 N–H and O–H groups in total. The van der Waals surface area contributed by atoms with Gasteiger partial charge in [-0.15, -0.1) is 0 Å². The lowest BCUT2D eigenvalue weighted by Crippen LogP contribution is -2.15. The molecule has 0 spiro atoms. The topological polar surface area (TPSA) is 58.2 Å². The van der Waals surface area contributed by atoms with Crippen molar-refractivity contribution in [3.05, 3.63) is 58.6 Å². The van der Waals surface area contributed by atoms with E-state index < -0.39 is 0 Å². The molecule has 0 bridgehead atoms. The van der Waals surface area contributed by atoms with Crippen molar-refractivity contribution in [3.63, 3.8) is 0 Å². The van der Waals surface area contributed by atoms with Gasteiger partial charge in [0, 0.05) is 27.9 Å². The standard InChI is InChI=1S/C18H17ClN2O2/c1-11-5-8-14(19)10-16(11)21-18(23)13-3-2-4-15(9-13)20-17(22)12-6-7-12/h2-5,8-10,12H,6-7H2,1H3,(H,20,22)(H,21,23). The van der Waals surface area contributed by atoms with E-state index >= 15 is 0 Å². The fourth-order valence-corrected chi connectivity index (χ4v) is 2.42. The van der Waals surface area contributed by atoms with E-state index in [9.17, 15) is 9.59 Å². The highest BCUT2D eigenvalue weighted by atomic mass is 35.5. The van der Waals surface area contributed by atoms with Gasteiger partial charge in [0.05, 0.1) is 0 Å². The van der Waals surface area contributed by atoms with Gasteiger partial charge < -0.3 is 10.6 Å². The van der Waals surface area contributed by atoms with E-state index in [1.54, 1.807) is 36.4 Å². The van der Waals surface area contributed by atoms with E-state index in [1.807, 2.05) is 13.0 Å². The summed E-state index contributed by atoms with van der Waals surface area (Å²) >= 11 is 5.97. The summed E-state index contributed by atoms with van der Waals surface area (Å²) in [5.41, 5.74) is 2.73. The van der Waals surface area contributed by atoms with Crippen molar-refractivity contribution < 1.29 is 9.59 Å². The Morgan fingerprint density at radius 2 is 1.87 bits per heavy atom. The summed E-state index contributed by atoms with van der Waals surface area (Å²) in [5.74, 6) is -0.0901. The van der Waals surface area contributed by atoms with Crippen LogP contribution >= 0.6 is 11.6 Å². The molecule has 4 nitrogen and oxygen atoms in total. The fourth-order valence-electron chi connectivity index (χ4n) is 2.25. The summed E-state index contributed by atoms with van der Waals surface area (Å²) in [6, 6.07) is 12.3. The van der Waals surface area contributed by atoms with Crippen molar-refractivity contribution in [1.29, 1.82) is 0 Å². The van der Waals surface area contributed by atoms with Crippen LogP contribution in [0.4, 0.5) is 11.4 Å². The lowest BCUT2D eigenvalue weighted by Gasteiger charge is -2.10. The molecule has 1 aliphatic rings. The average molecular weight is 329 g/mol. The number of rotatable bonds is 4. The molecule has 0 aromatic heterocycles. The average Bonchev–Trinajstić information content (AvgIpc) is 3.36. The largest absolute Gasteiger partial charge is 0.326 e. The van der Waals surface area contributed by atoms with Crippen LogP contribution in [0.5, 0.6) is 0 Å². The molecule has 0 saturated heterocycles. The first-order valence-corrected chi connectivity index (χ1v) is 7.89. The van der Waals surface area contributed by atoms with Crippen LogP contribution in [-0.2, 0) is 4.79 Å². The first-order chi connectivity index (χ1) is 11.0. The minimum absolute atomic E-state index is 0.0215. The molecule has 0 heterocycles. The van der Waals surface area contributed by atoms with Crippen LogP contribution in [0.1, 0.15) is 28.8 Å². The van der Waals surface area contributed by atoms with Gasteiger partial charge >= 0.3 is 0 Å².